The number of imidazole rings is 1. The maximum atomic E-state index is 12.5. The summed E-state index contributed by atoms with van der Waals surface area (Å²) in [7, 11) is 0. The lowest BCUT2D eigenvalue weighted by molar-refractivity contribution is 0.0677. The smallest absolute Gasteiger partial charge is 0.263 e. The summed E-state index contributed by atoms with van der Waals surface area (Å²) in [5.41, 5.74) is 1.71. The van der Waals surface area contributed by atoms with Crippen LogP contribution in [0.4, 0.5) is 0 Å². The van der Waals surface area contributed by atoms with E-state index in [0.29, 0.717) is 5.92 Å². The zero-order valence-electron chi connectivity index (χ0n) is 13.8. The molecule has 1 amide bonds. The molecular formula is C18H19N5OS. The molecule has 6 nitrogen and oxygen atoms in total. The van der Waals surface area contributed by atoms with Gasteiger partial charge in [0.05, 0.1) is 16.8 Å². The zero-order valence-corrected chi connectivity index (χ0v) is 14.6. The van der Waals surface area contributed by atoms with Gasteiger partial charge in [0.1, 0.15) is 5.69 Å². The Balaban J connectivity index is 1.40. The number of hydrogen-bond acceptors (Lipinski definition) is 5. The summed E-state index contributed by atoms with van der Waals surface area (Å²) >= 11 is 1.51. The molecule has 3 aromatic rings. The van der Waals surface area contributed by atoms with E-state index < -0.39 is 0 Å². The predicted molar refractivity (Wildman–Crippen MR) is 96.3 cm³/mol. The Kier molecular flexibility index (Phi) is 4.56. The zero-order chi connectivity index (χ0) is 17.1. The van der Waals surface area contributed by atoms with Gasteiger partial charge in [-0.2, -0.15) is 0 Å². The molecule has 7 heteroatoms. The third-order valence-electron chi connectivity index (χ3n) is 4.48. The minimum atomic E-state index is 0.152. The third kappa shape index (κ3) is 3.61. The van der Waals surface area contributed by atoms with E-state index in [1.165, 1.54) is 11.3 Å². The molecular weight excluding hydrogens is 334 g/mol. The Bertz CT molecular complexity index is 814. The van der Waals surface area contributed by atoms with Crippen molar-refractivity contribution < 1.29 is 4.79 Å². The highest BCUT2D eigenvalue weighted by Gasteiger charge is 2.25. The molecule has 1 unspecified atom stereocenters. The second kappa shape index (κ2) is 7.14. The molecule has 0 saturated carbocycles. The monoisotopic (exact) mass is 353 g/mol. The molecule has 0 aromatic carbocycles. The van der Waals surface area contributed by atoms with Crippen LogP contribution in [-0.2, 0) is 6.42 Å². The van der Waals surface area contributed by atoms with Crippen molar-refractivity contribution in [1.29, 1.82) is 0 Å². The summed E-state index contributed by atoms with van der Waals surface area (Å²) in [6.07, 6.45) is 10.1. The number of aromatic nitrogens is 4. The molecule has 1 N–H and O–H groups in total. The second-order valence-electron chi connectivity index (χ2n) is 6.27. The molecule has 0 bridgehead atoms. The van der Waals surface area contributed by atoms with Gasteiger partial charge < -0.3 is 9.88 Å². The summed E-state index contributed by atoms with van der Waals surface area (Å²) in [4.78, 5) is 31.5. The third-order valence-corrected chi connectivity index (χ3v) is 5.34. The molecule has 0 radical (unpaired) electrons. The molecule has 1 fully saturated rings. The lowest BCUT2D eigenvalue weighted by Crippen LogP contribution is -2.40. The number of carbonyl (C=O) groups is 1. The van der Waals surface area contributed by atoms with Gasteiger partial charge in [0, 0.05) is 31.7 Å². The quantitative estimate of drug-likeness (QED) is 0.782. The number of thiophene rings is 1. The van der Waals surface area contributed by atoms with E-state index in [1.807, 2.05) is 28.6 Å². The Morgan fingerprint density at radius 2 is 2.28 bits per heavy atom. The van der Waals surface area contributed by atoms with E-state index in [9.17, 15) is 4.79 Å². The fourth-order valence-corrected chi connectivity index (χ4v) is 3.95. The van der Waals surface area contributed by atoms with Crippen molar-refractivity contribution in [3.05, 3.63) is 52.9 Å². The van der Waals surface area contributed by atoms with E-state index in [0.717, 1.165) is 54.4 Å². The van der Waals surface area contributed by atoms with Crippen LogP contribution < -0.4 is 0 Å². The Morgan fingerprint density at radius 1 is 1.32 bits per heavy atom. The van der Waals surface area contributed by atoms with E-state index in [1.54, 1.807) is 18.6 Å². The molecule has 3 aromatic heterocycles. The molecule has 4 heterocycles. The molecule has 0 spiro atoms. The van der Waals surface area contributed by atoms with E-state index >= 15 is 0 Å². The highest BCUT2D eigenvalue weighted by Crippen LogP contribution is 2.23. The number of H-pyrrole nitrogens is 1. The summed E-state index contributed by atoms with van der Waals surface area (Å²) < 4.78 is 0. The van der Waals surface area contributed by atoms with Crippen molar-refractivity contribution in [3.8, 4) is 11.5 Å². The summed E-state index contributed by atoms with van der Waals surface area (Å²) in [5.74, 6) is 1.31. The Morgan fingerprint density at radius 3 is 3.00 bits per heavy atom. The lowest BCUT2D eigenvalue weighted by Gasteiger charge is -2.32. The van der Waals surface area contributed by atoms with Gasteiger partial charge in [-0.25, -0.2) is 9.97 Å². The average Bonchev–Trinajstić information content (AvgIpc) is 3.36. The molecule has 128 valence electrons. The number of piperidine rings is 1. The van der Waals surface area contributed by atoms with Gasteiger partial charge in [0.2, 0.25) is 0 Å². The molecule has 0 aliphatic carbocycles. The van der Waals surface area contributed by atoms with Gasteiger partial charge in [0.25, 0.3) is 5.91 Å². The first-order valence-corrected chi connectivity index (χ1v) is 9.31. The van der Waals surface area contributed by atoms with Crippen LogP contribution in [0.1, 0.15) is 28.2 Å². The van der Waals surface area contributed by atoms with Crippen molar-refractivity contribution >= 4 is 17.2 Å². The highest BCUT2D eigenvalue weighted by atomic mass is 32.1. The average molecular weight is 353 g/mol. The Labute approximate surface area is 150 Å². The number of carbonyl (C=O) groups excluding carboxylic acids is 1. The van der Waals surface area contributed by atoms with Crippen molar-refractivity contribution in [2.75, 3.05) is 13.1 Å². The van der Waals surface area contributed by atoms with E-state index in [4.69, 9.17) is 0 Å². The van der Waals surface area contributed by atoms with Crippen molar-refractivity contribution in [2.45, 2.75) is 19.3 Å². The fourth-order valence-electron chi connectivity index (χ4n) is 3.26. The number of hydrogen-bond donors (Lipinski definition) is 1. The number of amides is 1. The lowest BCUT2D eigenvalue weighted by atomic mass is 9.93. The van der Waals surface area contributed by atoms with Crippen LogP contribution in [-0.4, -0.2) is 43.8 Å². The van der Waals surface area contributed by atoms with Crippen LogP contribution in [0.2, 0.25) is 0 Å². The number of likely N-dealkylation sites (tertiary alicyclic amines) is 1. The van der Waals surface area contributed by atoms with Gasteiger partial charge in [-0.05, 0) is 36.6 Å². The first kappa shape index (κ1) is 16.0. The topological polar surface area (TPSA) is 74.8 Å². The summed E-state index contributed by atoms with van der Waals surface area (Å²) in [6, 6.07) is 3.82. The molecule has 1 aliphatic heterocycles. The summed E-state index contributed by atoms with van der Waals surface area (Å²) in [5, 5.41) is 1.95. The van der Waals surface area contributed by atoms with Crippen LogP contribution in [0, 0.1) is 5.92 Å². The van der Waals surface area contributed by atoms with Crippen molar-refractivity contribution in [2.24, 2.45) is 5.92 Å². The fraction of sp³-hybridized carbons (Fsp3) is 0.333. The van der Waals surface area contributed by atoms with Gasteiger partial charge in [-0.15, -0.1) is 11.3 Å². The van der Waals surface area contributed by atoms with Crippen molar-refractivity contribution in [1.82, 2.24) is 24.8 Å². The highest BCUT2D eigenvalue weighted by molar-refractivity contribution is 7.12. The molecule has 25 heavy (non-hydrogen) atoms. The largest absolute Gasteiger partial charge is 0.343 e. The van der Waals surface area contributed by atoms with E-state index in [2.05, 4.69) is 19.9 Å². The number of rotatable bonds is 4. The second-order valence-corrected chi connectivity index (χ2v) is 7.22. The maximum Gasteiger partial charge on any atom is 0.263 e. The number of nitrogens with one attached hydrogen (secondary N) is 1. The van der Waals surface area contributed by atoms with Gasteiger partial charge in [-0.3, -0.25) is 9.78 Å². The first-order valence-electron chi connectivity index (χ1n) is 8.43. The standard InChI is InChI=1S/C18H19N5OS/c24-18(16-4-2-8-25-16)23-7-1-3-13(12-23)9-14-10-22-15(11-21-14)17-19-5-6-20-17/h2,4-6,8,10-11,13H,1,3,7,9,12H2,(H,19,20). The van der Waals surface area contributed by atoms with Crippen LogP contribution in [0.3, 0.4) is 0 Å². The molecule has 1 saturated heterocycles. The molecule has 1 aliphatic rings. The maximum absolute atomic E-state index is 12.5. The van der Waals surface area contributed by atoms with E-state index in [-0.39, 0.29) is 5.91 Å². The molecule has 1 atom stereocenters. The SMILES string of the molecule is O=C(c1cccs1)N1CCCC(Cc2cnc(-c3ncc[nH]3)cn2)C1. The van der Waals surface area contributed by atoms with Gasteiger partial charge in [0.15, 0.2) is 5.82 Å². The number of nitrogens with zero attached hydrogens (tertiary/aromatic N) is 4. The van der Waals surface area contributed by atoms with Gasteiger partial charge >= 0.3 is 0 Å². The minimum absolute atomic E-state index is 0.152. The minimum Gasteiger partial charge on any atom is -0.343 e. The van der Waals surface area contributed by atoms with Crippen molar-refractivity contribution in [3.63, 3.8) is 0 Å². The van der Waals surface area contributed by atoms with Crippen LogP contribution in [0.15, 0.2) is 42.3 Å². The Hall–Kier alpha value is -2.54. The predicted octanol–water partition coefficient (Wildman–Crippen LogP) is 3.02. The van der Waals surface area contributed by atoms with Crippen LogP contribution in [0.5, 0.6) is 0 Å². The van der Waals surface area contributed by atoms with Crippen LogP contribution >= 0.6 is 11.3 Å². The normalized spacial score (nSPS) is 17.6. The van der Waals surface area contributed by atoms with Gasteiger partial charge in [-0.1, -0.05) is 6.07 Å². The number of aromatic amines is 1. The first-order chi connectivity index (χ1) is 12.3. The van der Waals surface area contributed by atoms with Crippen LogP contribution in [0.25, 0.3) is 11.5 Å². The molecule has 4 rings (SSSR count). The summed E-state index contributed by atoms with van der Waals surface area (Å²) in [6.45, 7) is 1.63.